The molecule has 0 unspecified atom stereocenters. The number of fused-ring (bicyclic) bond motifs is 2. The Morgan fingerprint density at radius 3 is 2.06 bits per heavy atom. The summed E-state index contributed by atoms with van der Waals surface area (Å²) < 4.78 is 17.6. The predicted molar refractivity (Wildman–Crippen MR) is 295 cm³/mol. The number of esters is 2. The van der Waals surface area contributed by atoms with Crippen LogP contribution in [-0.4, -0.2) is 174 Å². The third-order valence-corrected chi connectivity index (χ3v) is 15.1. The van der Waals surface area contributed by atoms with Crippen LogP contribution in [0.1, 0.15) is 152 Å². The second kappa shape index (κ2) is 35.7. The molecule has 18 atom stereocenters. The summed E-state index contributed by atoms with van der Waals surface area (Å²) in [7, 11) is 3.53. The van der Waals surface area contributed by atoms with Crippen LogP contribution in [0.5, 0.6) is 0 Å². The number of allylic oxidation sites excluding steroid dienone is 6. The number of guanidine groups is 1. The maximum Gasteiger partial charge on any atom is 0.334 e. The zero-order chi connectivity index (χ0) is 58.0. The average Bonchev–Trinajstić information content (AvgIpc) is 3.35. The van der Waals surface area contributed by atoms with Crippen molar-refractivity contribution in [2.45, 2.75) is 231 Å². The van der Waals surface area contributed by atoms with Gasteiger partial charge in [-0.1, -0.05) is 83.2 Å². The first kappa shape index (κ1) is 69.2. The minimum atomic E-state index is -2.45. The summed E-state index contributed by atoms with van der Waals surface area (Å²) in [5, 5.41) is 118. The number of carbonyl (C=O) groups is 3. The lowest BCUT2D eigenvalue weighted by Crippen LogP contribution is -2.59. The lowest BCUT2D eigenvalue weighted by atomic mass is 9.84. The fraction of sp³-hybridized carbons (Fsp3) is 0.759. The Balaban J connectivity index is 2.44. The molecule has 1 saturated heterocycles. The molecule has 0 aromatic rings. The molecule has 0 amide bonds. The van der Waals surface area contributed by atoms with E-state index in [0.29, 0.717) is 11.1 Å². The number of aliphatic hydroxyl groups is 10. The van der Waals surface area contributed by atoms with Gasteiger partial charge in [0.15, 0.2) is 11.7 Å². The van der Waals surface area contributed by atoms with E-state index in [0.717, 1.165) is 44.6 Å². The number of hydrogen-bond acceptors (Lipinski definition) is 17. The molecule has 2 rings (SSSR count). The standard InChI is InChI=1S/C58H99N3O16/c1-35-20-17-22-39(5)54(38(4)19-15-13-11-12-14-16-26-61-57(59-9)60-10)76-56(73)40(6)23-18-21-36(2)49(67)33-50(68)42(8)47(65)25-24-37(3)52(70)34-58(74)55(72)51(69)32-46(77-58)30-43(63)28-45(29-44(64)31-48(35)66)75-53(71)27-41(7)62/h11-12,17-18,20-23,36-39,42-52,54-55,63-70,72,74H,13-16,19,24-34H2,1-10H3,(H2,59,60,61)/b12-11+,21-18+,22-17+,35-20+,40-23-/t36-,37-,38-,39+,42-,43-,44+,45-,46-,47+,48-,49-,50-,51+,52-,54-,55-,58+/m0/s1. The number of aliphatic imine (C=N–C) groups is 1. The van der Waals surface area contributed by atoms with E-state index < -0.39 is 127 Å². The van der Waals surface area contributed by atoms with Gasteiger partial charge >= 0.3 is 11.9 Å². The molecular formula is C58H99N3O16. The van der Waals surface area contributed by atoms with Gasteiger partial charge in [-0.3, -0.25) is 14.6 Å². The van der Waals surface area contributed by atoms with Crippen LogP contribution in [0, 0.1) is 29.6 Å². The van der Waals surface area contributed by atoms with Crippen molar-refractivity contribution in [2.24, 2.45) is 34.6 Å². The molecule has 0 radical (unpaired) electrons. The highest BCUT2D eigenvalue weighted by atomic mass is 16.7. The molecule has 0 aromatic heterocycles. The predicted octanol–water partition coefficient (Wildman–Crippen LogP) is 4.14. The van der Waals surface area contributed by atoms with Crippen molar-refractivity contribution in [3.8, 4) is 0 Å². The molecule has 442 valence electrons. The molecule has 0 saturated carbocycles. The maximum atomic E-state index is 13.7. The van der Waals surface area contributed by atoms with Gasteiger partial charge in [-0.25, -0.2) is 4.79 Å². The Morgan fingerprint density at radius 2 is 1.43 bits per heavy atom. The second-order valence-corrected chi connectivity index (χ2v) is 22.1. The molecular weight excluding hydrogens is 995 g/mol. The summed E-state index contributed by atoms with van der Waals surface area (Å²) >= 11 is 0. The Hall–Kier alpha value is -3.86. The first-order valence-electron chi connectivity index (χ1n) is 27.9. The fourth-order valence-corrected chi connectivity index (χ4v) is 9.71. The van der Waals surface area contributed by atoms with Gasteiger partial charge in [0.25, 0.3) is 0 Å². The Morgan fingerprint density at radius 1 is 0.805 bits per heavy atom. The summed E-state index contributed by atoms with van der Waals surface area (Å²) in [5.74, 6) is -5.61. The second-order valence-electron chi connectivity index (χ2n) is 22.1. The molecule has 2 bridgehead atoms. The molecule has 77 heavy (non-hydrogen) atoms. The summed E-state index contributed by atoms with van der Waals surface area (Å²) in [6, 6.07) is 0. The zero-order valence-corrected chi connectivity index (χ0v) is 47.6. The summed E-state index contributed by atoms with van der Waals surface area (Å²) in [6.45, 7) is 14.4. The number of unbranched alkanes of at least 4 members (excludes halogenated alkanes) is 2. The normalized spacial score (nSPS) is 37.6. The number of hydrogen-bond donors (Lipinski definition) is 12. The molecule has 2 aliphatic rings. The van der Waals surface area contributed by atoms with Crippen molar-refractivity contribution in [3.05, 3.63) is 59.8 Å². The van der Waals surface area contributed by atoms with Crippen LogP contribution >= 0.6 is 0 Å². The highest BCUT2D eigenvalue weighted by Crippen LogP contribution is 2.36. The van der Waals surface area contributed by atoms with Gasteiger partial charge in [-0.15, -0.1) is 0 Å². The van der Waals surface area contributed by atoms with Gasteiger partial charge in [-0.05, 0) is 89.5 Å². The van der Waals surface area contributed by atoms with Crippen LogP contribution in [-0.2, 0) is 28.6 Å². The van der Waals surface area contributed by atoms with E-state index in [1.54, 1.807) is 72.0 Å². The van der Waals surface area contributed by atoms with E-state index in [-0.39, 0.29) is 63.2 Å². The first-order valence-corrected chi connectivity index (χ1v) is 27.9. The van der Waals surface area contributed by atoms with Gasteiger partial charge in [0.2, 0.25) is 0 Å². The van der Waals surface area contributed by atoms with E-state index in [4.69, 9.17) is 14.2 Å². The molecule has 19 heteroatoms. The van der Waals surface area contributed by atoms with E-state index in [2.05, 4.69) is 27.8 Å². The van der Waals surface area contributed by atoms with Crippen LogP contribution in [0.25, 0.3) is 0 Å². The third kappa shape index (κ3) is 25.9. The molecule has 2 heterocycles. The fourth-order valence-electron chi connectivity index (χ4n) is 9.71. The highest BCUT2D eigenvalue weighted by molar-refractivity contribution is 5.94. The van der Waals surface area contributed by atoms with Crippen molar-refractivity contribution >= 4 is 23.7 Å². The van der Waals surface area contributed by atoms with Crippen molar-refractivity contribution in [1.29, 1.82) is 0 Å². The summed E-state index contributed by atoms with van der Waals surface area (Å²) in [4.78, 5) is 42.3. The van der Waals surface area contributed by atoms with E-state index >= 15 is 0 Å². The quantitative estimate of drug-likeness (QED) is 0.0326. The molecule has 0 aromatic carbocycles. The largest absolute Gasteiger partial charge is 0.462 e. The van der Waals surface area contributed by atoms with Gasteiger partial charge in [-0.2, -0.15) is 0 Å². The lowest BCUT2D eigenvalue weighted by Gasteiger charge is -2.45. The summed E-state index contributed by atoms with van der Waals surface area (Å²) in [6.07, 6.45) is 2.75. The first-order chi connectivity index (χ1) is 36.2. The Labute approximate surface area is 458 Å². The molecule has 1 fully saturated rings. The number of nitrogens with one attached hydrogen (secondary N) is 2. The minimum absolute atomic E-state index is 0.0538. The lowest BCUT2D eigenvalue weighted by molar-refractivity contribution is -0.333. The highest BCUT2D eigenvalue weighted by Gasteiger charge is 2.50. The van der Waals surface area contributed by atoms with Gasteiger partial charge in [0, 0.05) is 82.5 Å². The molecule has 2 aliphatic heterocycles. The molecule has 19 nitrogen and oxygen atoms in total. The van der Waals surface area contributed by atoms with Gasteiger partial charge in [0.1, 0.15) is 30.5 Å². The number of ether oxygens (including phenoxy) is 3. The number of aliphatic hydroxyl groups excluding tert-OH is 9. The number of ketones is 1. The summed E-state index contributed by atoms with van der Waals surface area (Å²) in [5.41, 5.74) is 0.823. The smallest absolute Gasteiger partial charge is 0.334 e. The Kier molecular flexibility index (Phi) is 32.1. The van der Waals surface area contributed by atoms with Gasteiger partial charge in [0.05, 0.1) is 54.9 Å². The van der Waals surface area contributed by atoms with Crippen molar-refractivity contribution in [2.75, 3.05) is 20.6 Å². The molecule has 0 aliphatic carbocycles. The average molecular weight is 1090 g/mol. The van der Waals surface area contributed by atoms with Gasteiger partial charge < -0.3 is 75.9 Å². The molecule has 0 spiro atoms. The van der Waals surface area contributed by atoms with Crippen molar-refractivity contribution < 1.29 is 79.7 Å². The van der Waals surface area contributed by atoms with Crippen LogP contribution in [0.15, 0.2) is 64.7 Å². The van der Waals surface area contributed by atoms with Crippen LogP contribution in [0.2, 0.25) is 0 Å². The maximum absolute atomic E-state index is 13.7. The third-order valence-electron chi connectivity index (χ3n) is 15.1. The SMILES string of the molecule is CN=C(NC)NCCC/C=C/CCC[C@H](C)[C@@H]1OC(=O)/C(C)=C\C=C\[C@H](C)[C@@H](O)C[C@H](O)[C@@H](C)[C@H](O)CC[C@H](C)[C@@H](O)C[C@@]2(O)O[C@@H](C[C@@H](O)C[C@H](OC(=O)CC(C)=O)C[C@@H](O)C[C@H](O)/C(C)=C/C=C/[C@H]1C)C[C@@H](O)[C@@H]2O. The van der Waals surface area contributed by atoms with E-state index in [1.807, 2.05) is 27.0 Å². The number of Topliss-reactive ketones (excluding diaryl/α,β-unsaturated/α-hetero) is 1. The minimum Gasteiger partial charge on any atom is -0.462 e. The Bertz CT molecular complexity index is 1940. The van der Waals surface area contributed by atoms with E-state index in [1.165, 1.54) is 6.92 Å². The van der Waals surface area contributed by atoms with Crippen LogP contribution in [0.3, 0.4) is 0 Å². The van der Waals surface area contributed by atoms with Crippen molar-refractivity contribution in [1.82, 2.24) is 10.6 Å². The van der Waals surface area contributed by atoms with Crippen LogP contribution in [0.4, 0.5) is 0 Å². The number of cyclic esters (lactones) is 1. The zero-order valence-electron chi connectivity index (χ0n) is 47.6. The molecule has 12 N–H and O–H groups in total. The van der Waals surface area contributed by atoms with Crippen LogP contribution < -0.4 is 10.6 Å². The monoisotopic (exact) mass is 1090 g/mol. The van der Waals surface area contributed by atoms with Crippen molar-refractivity contribution in [3.63, 3.8) is 0 Å². The number of rotatable bonds is 12. The van der Waals surface area contributed by atoms with E-state index in [9.17, 15) is 65.4 Å². The number of nitrogens with zero attached hydrogens (tertiary/aromatic N) is 1. The number of carbonyl (C=O) groups excluding carboxylic acids is 3. The topological polar surface area (TPSA) is 318 Å².